The van der Waals surface area contributed by atoms with Crippen molar-refractivity contribution in [3.05, 3.63) is 83.4 Å². The fraction of sp³-hybridized carbons (Fsp3) is 0.353. The van der Waals surface area contributed by atoms with Gasteiger partial charge in [-0.05, 0) is 88.6 Å². The van der Waals surface area contributed by atoms with Gasteiger partial charge in [-0.25, -0.2) is 9.37 Å². The molecule has 3 N–H and O–H groups in total. The van der Waals surface area contributed by atoms with Crippen LogP contribution in [0.5, 0.6) is 11.5 Å². The standard InChI is InChI=1S/C34H35FN4O5/c1-32(12-6-13-32)39-31(41)33(2)19-44-29-24(33)17-26(38-28(29)20-8-10-23(35)11-9-20)34(3,42)18-37-30(40)22-15-21-7-5-14-36-27(21)25(16-22)43-4/h5,7-11,14-17,42H,6,12-13,18-19H2,1-4H3,(H,37,40)(H,39,41)/t33-,34-/m0/s1. The quantitative estimate of drug-likeness (QED) is 0.267. The highest BCUT2D eigenvalue weighted by Gasteiger charge is 2.48. The van der Waals surface area contributed by atoms with Gasteiger partial charge in [0.2, 0.25) is 5.91 Å². The van der Waals surface area contributed by atoms with Crippen molar-refractivity contribution in [1.82, 2.24) is 20.6 Å². The van der Waals surface area contributed by atoms with E-state index in [9.17, 15) is 19.1 Å². The summed E-state index contributed by atoms with van der Waals surface area (Å²) in [6, 6.07) is 14.4. The Balaban J connectivity index is 1.34. The number of methoxy groups -OCH3 is 1. The second-order valence-corrected chi connectivity index (χ2v) is 12.4. The second kappa shape index (κ2) is 10.9. The van der Waals surface area contributed by atoms with E-state index < -0.39 is 22.7 Å². The molecule has 2 amide bonds. The van der Waals surface area contributed by atoms with Crippen LogP contribution in [0.1, 0.15) is 61.6 Å². The van der Waals surface area contributed by atoms with Crippen LogP contribution >= 0.6 is 0 Å². The highest BCUT2D eigenvalue weighted by atomic mass is 19.1. The van der Waals surface area contributed by atoms with Crippen molar-refractivity contribution < 1.29 is 28.6 Å². The lowest BCUT2D eigenvalue weighted by atomic mass is 9.76. The maximum Gasteiger partial charge on any atom is 0.251 e. The second-order valence-electron chi connectivity index (χ2n) is 12.4. The van der Waals surface area contributed by atoms with Crippen molar-refractivity contribution in [3.8, 4) is 22.8 Å². The van der Waals surface area contributed by atoms with Gasteiger partial charge in [0, 0.05) is 33.8 Å². The van der Waals surface area contributed by atoms with E-state index in [1.165, 1.54) is 19.2 Å². The van der Waals surface area contributed by atoms with Crippen molar-refractivity contribution in [1.29, 1.82) is 0 Å². The third kappa shape index (κ3) is 5.23. The molecule has 0 bridgehead atoms. The number of nitrogens with zero attached hydrogens (tertiary/aromatic N) is 2. The summed E-state index contributed by atoms with van der Waals surface area (Å²) in [4.78, 5) is 36.1. The van der Waals surface area contributed by atoms with Gasteiger partial charge in [0.15, 0.2) is 0 Å². The lowest BCUT2D eigenvalue weighted by Gasteiger charge is -2.41. The summed E-state index contributed by atoms with van der Waals surface area (Å²) in [5, 5.41) is 18.5. The first-order valence-corrected chi connectivity index (χ1v) is 14.6. The average molecular weight is 599 g/mol. The lowest BCUT2D eigenvalue weighted by molar-refractivity contribution is -0.129. The monoisotopic (exact) mass is 598 g/mol. The Morgan fingerprint density at radius 1 is 1.14 bits per heavy atom. The molecule has 1 saturated carbocycles. The molecule has 44 heavy (non-hydrogen) atoms. The molecule has 1 aliphatic heterocycles. The summed E-state index contributed by atoms with van der Waals surface area (Å²) < 4.78 is 25.4. The zero-order valence-corrected chi connectivity index (χ0v) is 25.2. The molecule has 9 nitrogen and oxygen atoms in total. The first-order chi connectivity index (χ1) is 20.9. The van der Waals surface area contributed by atoms with Gasteiger partial charge < -0.3 is 25.2 Å². The van der Waals surface area contributed by atoms with Crippen LogP contribution in [0.4, 0.5) is 4.39 Å². The molecule has 0 spiro atoms. The molecule has 228 valence electrons. The highest BCUT2D eigenvalue weighted by Crippen LogP contribution is 2.46. The van der Waals surface area contributed by atoms with Crippen LogP contribution in [0.2, 0.25) is 0 Å². The van der Waals surface area contributed by atoms with Crippen LogP contribution in [0.3, 0.4) is 0 Å². The van der Waals surface area contributed by atoms with Gasteiger partial charge >= 0.3 is 0 Å². The normalized spacial score (nSPS) is 19.7. The fourth-order valence-electron chi connectivity index (χ4n) is 5.79. The summed E-state index contributed by atoms with van der Waals surface area (Å²) >= 11 is 0. The van der Waals surface area contributed by atoms with Crippen molar-refractivity contribution in [2.75, 3.05) is 20.3 Å². The molecule has 6 rings (SSSR count). The highest BCUT2D eigenvalue weighted by molar-refractivity contribution is 6.00. The number of aliphatic hydroxyl groups is 1. The van der Waals surface area contributed by atoms with Gasteiger partial charge in [0.1, 0.15) is 46.1 Å². The van der Waals surface area contributed by atoms with E-state index in [1.54, 1.807) is 49.5 Å². The number of carbonyl (C=O) groups is 2. The van der Waals surface area contributed by atoms with E-state index >= 15 is 0 Å². The number of nitrogens with one attached hydrogen (secondary N) is 2. The molecular formula is C34H35FN4O5. The van der Waals surface area contributed by atoms with E-state index in [1.807, 2.05) is 19.9 Å². The number of carbonyl (C=O) groups excluding carboxylic acids is 2. The summed E-state index contributed by atoms with van der Waals surface area (Å²) in [5.41, 5.74) is -0.258. The molecule has 0 unspecified atom stereocenters. The van der Waals surface area contributed by atoms with Crippen LogP contribution in [0.25, 0.3) is 22.2 Å². The van der Waals surface area contributed by atoms with Crippen molar-refractivity contribution >= 4 is 22.7 Å². The molecule has 2 aromatic carbocycles. The predicted molar refractivity (Wildman–Crippen MR) is 163 cm³/mol. The topological polar surface area (TPSA) is 123 Å². The van der Waals surface area contributed by atoms with Crippen LogP contribution in [0.15, 0.2) is 60.8 Å². The number of rotatable bonds is 8. The zero-order valence-electron chi connectivity index (χ0n) is 25.2. The van der Waals surface area contributed by atoms with E-state index in [0.717, 1.165) is 24.6 Å². The Bertz CT molecular complexity index is 1770. The number of benzene rings is 2. The molecule has 2 aromatic heterocycles. The minimum atomic E-state index is -1.65. The number of halogens is 1. The van der Waals surface area contributed by atoms with Gasteiger partial charge in [-0.2, -0.15) is 0 Å². The van der Waals surface area contributed by atoms with Crippen molar-refractivity contribution in [2.45, 2.75) is 56.6 Å². The molecule has 3 heterocycles. The van der Waals surface area contributed by atoms with E-state index in [-0.39, 0.29) is 30.3 Å². The SMILES string of the molecule is COc1cc(C(=O)NC[C@](C)(O)c2cc3c(c(-c4ccc(F)cc4)n2)OC[C@]3(C)C(=O)NC2(C)CCC2)cc2cccnc12. The number of amides is 2. The third-order valence-electron chi connectivity index (χ3n) is 8.86. The number of fused-ring (bicyclic) bond motifs is 2. The molecule has 2 atom stereocenters. The van der Waals surface area contributed by atoms with E-state index in [2.05, 4.69) is 15.6 Å². The molecule has 10 heteroatoms. The number of hydrogen-bond donors (Lipinski definition) is 3. The smallest absolute Gasteiger partial charge is 0.251 e. The van der Waals surface area contributed by atoms with E-state index in [4.69, 9.17) is 14.5 Å². The predicted octanol–water partition coefficient (Wildman–Crippen LogP) is 4.79. The molecule has 2 aliphatic rings. The molecule has 1 fully saturated rings. The maximum atomic E-state index is 13.8. The van der Waals surface area contributed by atoms with Gasteiger partial charge in [-0.1, -0.05) is 6.07 Å². The number of ether oxygens (including phenoxy) is 2. The molecular weight excluding hydrogens is 563 g/mol. The minimum Gasteiger partial charge on any atom is -0.494 e. The van der Waals surface area contributed by atoms with Crippen molar-refractivity contribution in [3.63, 3.8) is 0 Å². The average Bonchev–Trinajstić information content (AvgIpc) is 3.36. The zero-order chi connectivity index (χ0) is 31.3. The molecule has 1 aliphatic carbocycles. The van der Waals surface area contributed by atoms with Gasteiger partial charge in [-0.15, -0.1) is 0 Å². The third-order valence-corrected chi connectivity index (χ3v) is 8.86. The van der Waals surface area contributed by atoms with Gasteiger partial charge in [-0.3, -0.25) is 14.6 Å². The first-order valence-electron chi connectivity index (χ1n) is 14.6. The van der Waals surface area contributed by atoms with E-state index in [0.29, 0.717) is 39.4 Å². The molecule has 0 saturated heterocycles. The maximum absolute atomic E-state index is 13.8. The number of pyridine rings is 2. The molecule has 4 aromatic rings. The van der Waals surface area contributed by atoms with Crippen LogP contribution in [-0.2, 0) is 15.8 Å². The lowest BCUT2D eigenvalue weighted by Crippen LogP contribution is -2.56. The minimum absolute atomic E-state index is 0.0844. The Labute approximate surface area is 254 Å². The van der Waals surface area contributed by atoms with Crippen LogP contribution in [-0.4, -0.2) is 52.7 Å². The number of hydrogen-bond acceptors (Lipinski definition) is 7. The van der Waals surface area contributed by atoms with Crippen LogP contribution < -0.4 is 20.1 Å². The van der Waals surface area contributed by atoms with Crippen molar-refractivity contribution in [2.24, 2.45) is 0 Å². The Morgan fingerprint density at radius 3 is 2.57 bits per heavy atom. The fourth-order valence-corrected chi connectivity index (χ4v) is 5.79. The van der Waals surface area contributed by atoms with Gasteiger partial charge in [0.05, 0.1) is 19.3 Å². The Hall–Kier alpha value is -4.57. The Morgan fingerprint density at radius 2 is 1.89 bits per heavy atom. The molecule has 0 radical (unpaired) electrons. The summed E-state index contributed by atoms with van der Waals surface area (Å²) in [6.45, 7) is 5.29. The summed E-state index contributed by atoms with van der Waals surface area (Å²) in [6.07, 6.45) is 4.51. The van der Waals surface area contributed by atoms with Crippen LogP contribution in [0, 0.1) is 5.82 Å². The summed E-state index contributed by atoms with van der Waals surface area (Å²) in [7, 11) is 1.51. The summed E-state index contributed by atoms with van der Waals surface area (Å²) in [5.74, 6) is -0.133. The Kier molecular flexibility index (Phi) is 7.28. The number of aromatic nitrogens is 2. The van der Waals surface area contributed by atoms with Gasteiger partial charge in [0.25, 0.3) is 5.91 Å². The largest absolute Gasteiger partial charge is 0.494 e. The first kappa shape index (κ1) is 29.5.